The molecule has 280 valence electrons. The van der Waals surface area contributed by atoms with E-state index in [-0.39, 0.29) is 50.7 Å². The Hall–Kier alpha value is -4.14. The number of carboxylic acid groups (broad SMARTS) is 1. The molecule has 0 spiro atoms. The van der Waals surface area contributed by atoms with Gasteiger partial charge in [0.05, 0.1) is 33.4 Å². The Balaban J connectivity index is 1.39. The number of aliphatic carboxylic acids is 1. The van der Waals surface area contributed by atoms with Crippen molar-refractivity contribution < 1.29 is 36.0 Å². The first-order valence-corrected chi connectivity index (χ1v) is 20.5. The number of carboxylic acids is 1. The van der Waals surface area contributed by atoms with Crippen LogP contribution < -0.4 is 0 Å². The molecule has 2 atom stereocenters. The molecule has 4 bridgehead atoms. The van der Waals surface area contributed by atoms with Gasteiger partial charge in [-0.1, -0.05) is 44.5 Å². The van der Waals surface area contributed by atoms with Gasteiger partial charge < -0.3 is 14.6 Å². The molecule has 9 nitrogen and oxygen atoms in total. The topological polar surface area (TPSA) is 141 Å². The Bertz CT molecular complexity index is 2370. The molecular formula is C39H41F3N4O5S2. The molecule has 0 radical (unpaired) electrons. The normalized spacial score (nSPS) is 22.5. The highest BCUT2D eigenvalue weighted by Gasteiger charge is 2.50. The smallest absolute Gasteiger partial charge is 0.309 e. The lowest BCUT2D eigenvalue weighted by molar-refractivity contribution is -0.143. The third kappa shape index (κ3) is 6.89. The quantitative estimate of drug-likeness (QED) is 0.181. The highest BCUT2D eigenvalue weighted by Crippen LogP contribution is 2.49. The maximum absolute atomic E-state index is 15.9. The number of aryl methyl sites for hydroxylation is 2. The summed E-state index contributed by atoms with van der Waals surface area (Å²) in [4.78, 5) is 19.0. The number of H-pyrrole nitrogens is 1. The van der Waals surface area contributed by atoms with Gasteiger partial charge in [-0.15, -0.1) is 0 Å². The summed E-state index contributed by atoms with van der Waals surface area (Å²) in [5.41, 5.74) is -0.769. The fourth-order valence-electron chi connectivity index (χ4n) is 7.81. The van der Waals surface area contributed by atoms with Crippen LogP contribution in [0, 0.1) is 28.3 Å². The van der Waals surface area contributed by atoms with E-state index in [1.54, 1.807) is 7.05 Å². The number of aromatic amines is 1. The predicted molar refractivity (Wildman–Crippen MR) is 195 cm³/mol. The number of rotatable bonds is 4. The number of aromatic nitrogens is 4. The summed E-state index contributed by atoms with van der Waals surface area (Å²) >= 11 is -2.40. The lowest BCUT2D eigenvalue weighted by Crippen LogP contribution is -2.29. The number of carbonyl (C=O) groups is 1. The van der Waals surface area contributed by atoms with Gasteiger partial charge in [-0.25, -0.2) is 26.9 Å². The van der Waals surface area contributed by atoms with Crippen LogP contribution in [0.2, 0.25) is 0 Å². The maximum Gasteiger partial charge on any atom is 0.309 e. The van der Waals surface area contributed by atoms with Gasteiger partial charge >= 0.3 is 5.97 Å². The van der Waals surface area contributed by atoms with Crippen molar-refractivity contribution in [1.29, 1.82) is 0 Å². The second-order valence-electron chi connectivity index (χ2n) is 15.6. The fourth-order valence-corrected chi connectivity index (χ4v) is 11.1. The van der Waals surface area contributed by atoms with Gasteiger partial charge in [-0.05, 0) is 80.2 Å². The molecule has 5 aromatic rings. The van der Waals surface area contributed by atoms with E-state index in [2.05, 4.69) is 4.98 Å². The molecule has 2 N–H and O–H groups in total. The van der Waals surface area contributed by atoms with Crippen LogP contribution in [0.25, 0.3) is 22.3 Å². The van der Waals surface area contributed by atoms with Gasteiger partial charge in [0.15, 0.2) is 32.2 Å². The minimum Gasteiger partial charge on any atom is -0.606 e. The predicted octanol–water partition coefficient (Wildman–Crippen LogP) is 7.43. The first-order valence-electron chi connectivity index (χ1n) is 17.6. The minimum atomic E-state index is -3.76. The van der Waals surface area contributed by atoms with Gasteiger partial charge in [-0.2, -0.15) is 9.49 Å². The summed E-state index contributed by atoms with van der Waals surface area (Å²) in [6.45, 7) is 5.71. The van der Waals surface area contributed by atoms with Crippen LogP contribution in [-0.2, 0) is 51.1 Å². The molecule has 14 heteroatoms. The summed E-state index contributed by atoms with van der Waals surface area (Å²) in [6.07, 6.45) is 4.32. The standard InChI is InChI=1S/C39H41F3N4O5S2/c1-37(2)13-6-14-38(3,24-8-5-7-23(19-24)21-39(15-16-39)36(47)48)35-44-34(46(4)45-35)28-20-25(9-10-29(28)40)52(49)33-27(12-18-53(50,51)22-37)26-11-17-43-32(26)30(41)31(33)42/h5,7-11,17,19-20,43H,6,12-16,18,21-22H2,1-4H3,(H,47,48)/t38-,52?/m1/s1. The average molecular weight is 767 g/mol. The van der Waals surface area contributed by atoms with E-state index in [4.69, 9.17) is 10.1 Å². The molecule has 3 heterocycles. The van der Waals surface area contributed by atoms with Crippen molar-refractivity contribution in [3.05, 3.63) is 94.7 Å². The summed E-state index contributed by atoms with van der Waals surface area (Å²) in [7, 11) is -2.15. The Morgan fingerprint density at radius 2 is 1.79 bits per heavy atom. The molecule has 1 unspecified atom stereocenters. The molecule has 0 amide bonds. The van der Waals surface area contributed by atoms with E-state index in [0.717, 1.165) is 17.2 Å². The molecule has 2 aromatic heterocycles. The number of hydrogen-bond donors (Lipinski definition) is 2. The zero-order chi connectivity index (χ0) is 38.1. The van der Waals surface area contributed by atoms with Crippen LogP contribution >= 0.6 is 0 Å². The highest BCUT2D eigenvalue weighted by molar-refractivity contribution is 7.92. The Labute approximate surface area is 309 Å². The van der Waals surface area contributed by atoms with E-state index in [0.29, 0.717) is 44.3 Å². The summed E-state index contributed by atoms with van der Waals surface area (Å²) in [5.74, 6) is -4.22. The molecule has 0 saturated heterocycles. The molecule has 1 fully saturated rings. The third-order valence-electron chi connectivity index (χ3n) is 11.0. The third-order valence-corrected chi connectivity index (χ3v) is 14.5. The van der Waals surface area contributed by atoms with Crippen molar-refractivity contribution in [3.63, 3.8) is 0 Å². The fraction of sp³-hybridized carbons (Fsp3) is 0.410. The van der Waals surface area contributed by atoms with Gasteiger partial charge in [-0.3, -0.25) is 4.79 Å². The van der Waals surface area contributed by atoms with Gasteiger partial charge in [0.2, 0.25) is 10.7 Å². The van der Waals surface area contributed by atoms with Crippen molar-refractivity contribution in [1.82, 2.24) is 19.7 Å². The molecular weight excluding hydrogens is 726 g/mol. The molecule has 53 heavy (non-hydrogen) atoms. The second-order valence-corrected chi connectivity index (χ2v) is 19.3. The minimum absolute atomic E-state index is 0.0339. The van der Waals surface area contributed by atoms with E-state index < -0.39 is 65.6 Å². The lowest BCUT2D eigenvalue weighted by atomic mass is 9.75. The number of sulfone groups is 1. The van der Waals surface area contributed by atoms with E-state index in [1.807, 2.05) is 45.0 Å². The Kier molecular flexibility index (Phi) is 9.34. The Morgan fingerprint density at radius 3 is 2.51 bits per heavy atom. The van der Waals surface area contributed by atoms with Gasteiger partial charge in [0, 0.05) is 41.4 Å². The van der Waals surface area contributed by atoms with E-state index in [9.17, 15) is 22.9 Å². The lowest BCUT2D eigenvalue weighted by Gasteiger charge is -2.31. The number of hydrogen-bond acceptors (Lipinski definition) is 6. The molecule has 1 aliphatic carbocycles. The number of nitrogens with one attached hydrogen (secondary N) is 1. The second kappa shape index (κ2) is 13.3. The highest BCUT2D eigenvalue weighted by atomic mass is 32.2. The Morgan fingerprint density at radius 1 is 1.04 bits per heavy atom. The first-order chi connectivity index (χ1) is 24.9. The van der Waals surface area contributed by atoms with Crippen molar-refractivity contribution in [3.8, 4) is 11.4 Å². The van der Waals surface area contributed by atoms with Crippen LogP contribution in [0.3, 0.4) is 0 Å². The zero-order valence-electron chi connectivity index (χ0n) is 29.9. The van der Waals surface area contributed by atoms with Crippen LogP contribution in [0.5, 0.6) is 0 Å². The number of benzene rings is 3. The van der Waals surface area contributed by atoms with Crippen molar-refractivity contribution >= 4 is 37.9 Å². The van der Waals surface area contributed by atoms with Crippen molar-refractivity contribution in [2.45, 2.75) is 80.9 Å². The van der Waals surface area contributed by atoms with Crippen LogP contribution in [0.4, 0.5) is 13.2 Å². The van der Waals surface area contributed by atoms with Gasteiger partial charge in [0.1, 0.15) is 5.82 Å². The number of halogens is 3. The van der Waals surface area contributed by atoms with E-state index >= 15 is 13.2 Å². The number of fused-ring (bicyclic) bond motifs is 8. The first kappa shape index (κ1) is 37.2. The van der Waals surface area contributed by atoms with Crippen LogP contribution in [-0.4, -0.2) is 55.3 Å². The van der Waals surface area contributed by atoms with Crippen LogP contribution in [0.1, 0.15) is 75.4 Å². The maximum atomic E-state index is 15.9. The van der Waals surface area contributed by atoms with E-state index in [1.165, 1.54) is 29.1 Å². The zero-order valence-corrected chi connectivity index (χ0v) is 31.6. The molecule has 7 rings (SSSR count). The molecule has 1 aliphatic heterocycles. The summed E-state index contributed by atoms with van der Waals surface area (Å²) < 4.78 is 90.1. The van der Waals surface area contributed by atoms with Crippen molar-refractivity contribution in [2.24, 2.45) is 17.9 Å². The SMILES string of the molecule is Cn1nc2nc1-c1cc(ccc1F)[S+]([O-])c1c(F)c(F)c3[nH]ccc3c1CCS(=O)(=O)CC(C)(C)CCC[C@]2(C)c1cccc(CC2(C(=O)O)CC2)c1. The molecule has 3 aromatic carbocycles. The van der Waals surface area contributed by atoms with Crippen LogP contribution in [0.15, 0.2) is 64.5 Å². The average Bonchev–Trinajstić information content (AvgIpc) is 3.52. The molecule has 2 aliphatic rings. The summed E-state index contributed by atoms with van der Waals surface area (Å²) in [5, 5.41) is 14.8. The van der Waals surface area contributed by atoms with Crippen molar-refractivity contribution in [2.75, 3.05) is 11.5 Å². The largest absolute Gasteiger partial charge is 0.606 e. The van der Waals surface area contributed by atoms with Gasteiger partial charge in [0.25, 0.3) is 0 Å². The number of nitrogens with zero attached hydrogens (tertiary/aromatic N) is 3. The monoisotopic (exact) mass is 766 g/mol. The molecule has 1 saturated carbocycles. The summed E-state index contributed by atoms with van der Waals surface area (Å²) in [6, 6.07) is 12.8.